The van der Waals surface area contributed by atoms with Crippen LogP contribution in [0.3, 0.4) is 0 Å². The summed E-state index contributed by atoms with van der Waals surface area (Å²) in [5.74, 6) is 0. The zero-order valence-electron chi connectivity index (χ0n) is 23.8. The van der Waals surface area contributed by atoms with E-state index in [9.17, 15) is 13.2 Å². The third-order valence-corrected chi connectivity index (χ3v) is 7.85. The van der Waals surface area contributed by atoms with E-state index in [1.54, 1.807) is 6.07 Å². The third-order valence-electron chi connectivity index (χ3n) is 7.85. The van der Waals surface area contributed by atoms with E-state index in [-0.39, 0.29) is 5.52 Å². The summed E-state index contributed by atoms with van der Waals surface area (Å²) in [5.41, 5.74) is 8.01. The fraction of sp³-hybridized carbons (Fsp3) is 0.257. The van der Waals surface area contributed by atoms with Crippen LogP contribution in [0.4, 0.5) is 13.2 Å². The summed E-state index contributed by atoms with van der Waals surface area (Å²) in [5, 5.41) is 0. The first kappa shape index (κ1) is 27.8. The number of unbranched alkanes of at least 4 members (excludes halogenated alkanes) is 2. The molecule has 214 valence electrons. The van der Waals surface area contributed by atoms with Crippen LogP contribution >= 0.6 is 0 Å². The van der Waals surface area contributed by atoms with Gasteiger partial charge in [0.15, 0.2) is 0 Å². The maximum atomic E-state index is 14.3. The van der Waals surface area contributed by atoms with Crippen molar-refractivity contribution in [2.45, 2.75) is 58.5 Å². The summed E-state index contributed by atoms with van der Waals surface area (Å²) >= 11 is 0. The number of benzene rings is 1. The first-order valence-corrected chi connectivity index (χ1v) is 14.6. The average molecular weight is 567 g/mol. The lowest BCUT2D eigenvalue weighted by atomic mass is 10.0. The number of hydrogen-bond donors (Lipinski definition) is 2. The largest absolute Gasteiger partial charge is 0.418 e. The molecule has 1 aromatic carbocycles. The van der Waals surface area contributed by atoms with Gasteiger partial charge in [0.2, 0.25) is 0 Å². The molecule has 0 atom stereocenters. The highest BCUT2D eigenvalue weighted by Crippen LogP contribution is 2.36. The van der Waals surface area contributed by atoms with Crippen LogP contribution in [0.5, 0.6) is 0 Å². The van der Waals surface area contributed by atoms with Crippen molar-refractivity contribution in [1.29, 1.82) is 0 Å². The summed E-state index contributed by atoms with van der Waals surface area (Å²) in [6.45, 7) is 4.21. The van der Waals surface area contributed by atoms with Gasteiger partial charge in [0.25, 0.3) is 0 Å². The van der Waals surface area contributed by atoms with Gasteiger partial charge in [-0.1, -0.05) is 57.0 Å². The van der Waals surface area contributed by atoms with Gasteiger partial charge >= 0.3 is 6.18 Å². The fourth-order valence-corrected chi connectivity index (χ4v) is 5.69. The molecule has 0 saturated heterocycles. The van der Waals surface area contributed by atoms with Gasteiger partial charge < -0.3 is 9.97 Å². The number of aryl methyl sites for hydroxylation is 2. The van der Waals surface area contributed by atoms with Crippen LogP contribution in [0.15, 0.2) is 54.6 Å². The highest BCUT2D eigenvalue weighted by molar-refractivity contribution is 5.90. The minimum absolute atomic E-state index is 0.0270. The van der Waals surface area contributed by atoms with Crippen molar-refractivity contribution in [2.24, 2.45) is 0 Å². The third kappa shape index (κ3) is 5.43. The highest BCUT2D eigenvalue weighted by Gasteiger charge is 2.33. The molecule has 2 aliphatic rings. The molecule has 4 nitrogen and oxygen atoms in total. The first-order chi connectivity index (χ1) is 20.4. The van der Waals surface area contributed by atoms with E-state index in [1.807, 2.05) is 66.8 Å². The number of H-pyrrole nitrogens is 2. The van der Waals surface area contributed by atoms with E-state index in [0.717, 1.165) is 77.0 Å². The predicted molar refractivity (Wildman–Crippen MR) is 167 cm³/mol. The lowest BCUT2D eigenvalue weighted by molar-refractivity contribution is -0.136. The molecule has 0 saturated carbocycles. The topological polar surface area (TPSA) is 57.4 Å². The second kappa shape index (κ2) is 11.5. The Labute approximate surface area is 243 Å². The van der Waals surface area contributed by atoms with E-state index < -0.39 is 11.7 Å². The Morgan fingerprint density at radius 2 is 1.24 bits per heavy atom. The van der Waals surface area contributed by atoms with Crippen molar-refractivity contribution in [2.75, 3.05) is 0 Å². The van der Waals surface area contributed by atoms with Crippen LogP contribution in [0, 0.1) is 0 Å². The molecule has 0 aliphatic carbocycles. The molecule has 2 N–H and O–H groups in total. The van der Waals surface area contributed by atoms with Crippen molar-refractivity contribution in [1.82, 2.24) is 19.9 Å². The first-order valence-electron chi connectivity index (χ1n) is 14.6. The lowest BCUT2D eigenvalue weighted by Gasteiger charge is -2.05. The van der Waals surface area contributed by atoms with E-state index >= 15 is 0 Å². The van der Waals surface area contributed by atoms with Crippen LogP contribution in [-0.2, 0) is 19.0 Å². The number of nitrogens with zero attached hydrogens (tertiary/aromatic N) is 2. The molecule has 5 heterocycles. The van der Waals surface area contributed by atoms with Crippen LogP contribution < -0.4 is 0 Å². The summed E-state index contributed by atoms with van der Waals surface area (Å²) in [7, 11) is 0. The minimum Gasteiger partial charge on any atom is -0.355 e. The van der Waals surface area contributed by atoms with Gasteiger partial charge in [-0.3, -0.25) is 0 Å². The molecule has 0 radical (unpaired) electrons. The Morgan fingerprint density at radius 3 is 1.83 bits per heavy atom. The summed E-state index contributed by atoms with van der Waals surface area (Å²) in [4.78, 5) is 16.6. The van der Waals surface area contributed by atoms with E-state index in [0.29, 0.717) is 23.1 Å². The molecule has 6 rings (SSSR count). The van der Waals surface area contributed by atoms with Crippen molar-refractivity contribution in [3.8, 4) is 11.1 Å². The number of alkyl halides is 3. The van der Waals surface area contributed by atoms with Gasteiger partial charge in [0.1, 0.15) is 0 Å². The minimum atomic E-state index is -4.51. The predicted octanol–water partition coefficient (Wildman–Crippen LogP) is 10.0. The van der Waals surface area contributed by atoms with Crippen molar-refractivity contribution in [3.63, 3.8) is 0 Å². The average Bonchev–Trinajstić information content (AvgIpc) is 3.78. The van der Waals surface area contributed by atoms with Gasteiger partial charge in [-0.2, -0.15) is 13.2 Å². The van der Waals surface area contributed by atoms with E-state index in [4.69, 9.17) is 9.97 Å². The molecule has 4 aromatic rings. The Balaban J connectivity index is 1.78. The SMILES string of the molecule is CCCCc1c2nc(c(-c3ccccc3)c3nc(c(CCCC)c4cc(C(F)(F)F)c(cc5ccc1[nH]5)[nH]4)C=C3)C=C2. The summed E-state index contributed by atoms with van der Waals surface area (Å²) in [6, 6.07) is 16.6. The van der Waals surface area contributed by atoms with Crippen molar-refractivity contribution >= 4 is 46.4 Å². The lowest BCUT2D eigenvalue weighted by Crippen LogP contribution is -2.03. The van der Waals surface area contributed by atoms with Crippen molar-refractivity contribution < 1.29 is 13.2 Å². The maximum absolute atomic E-state index is 14.3. The number of nitrogens with one attached hydrogen (secondary N) is 2. The molecule has 3 aromatic heterocycles. The van der Waals surface area contributed by atoms with Crippen LogP contribution in [0.2, 0.25) is 0 Å². The highest BCUT2D eigenvalue weighted by atomic mass is 19.4. The van der Waals surface area contributed by atoms with Gasteiger partial charge in [-0.25, -0.2) is 9.97 Å². The molecule has 2 aliphatic heterocycles. The molecule has 0 unspecified atom stereocenters. The second-order valence-corrected chi connectivity index (χ2v) is 10.8. The number of halogens is 3. The monoisotopic (exact) mass is 566 g/mol. The zero-order chi connectivity index (χ0) is 29.3. The van der Waals surface area contributed by atoms with Gasteiger partial charge in [0, 0.05) is 33.2 Å². The summed E-state index contributed by atoms with van der Waals surface area (Å²) < 4.78 is 42.9. The normalized spacial score (nSPS) is 12.8. The molecule has 0 fully saturated rings. The van der Waals surface area contributed by atoms with Gasteiger partial charge in [-0.05, 0) is 79.8 Å². The molecular weight excluding hydrogens is 533 g/mol. The Hall–Kier alpha value is -4.39. The second-order valence-electron chi connectivity index (χ2n) is 10.8. The number of fused-ring (bicyclic) bond motifs is 8. The molecular formula is C35H33F3N4. The van der Waals surface area contributed by atoms with Gasteiger partial charge in [0.05, 0.1) is 33.9 Å². The zero-order valence-corrected chi connectivity index (χ0v) is 23.8. The van der Waals surface area contributed by atoms with E-state index in [2.05, 4.69) is 23.8 Å². The molecule has 0 spiro atoms. The van der Waals surface area contributed by atoms with Gasteiger partial charge in [-0.15, -0.1) is 0 Å². The number of rotatable bonds is 7. The smallest absolute Gasteiger partial charge is 0.355 e. The molecule has 42 heavy (non-hydrogen) atoms. The molecule has 0 amide bonds. The number of hydrogen-bond acceptors (Lipinski definition) is 2. The Bertz CT molecular complexity index is 1840. The quantitative estimate of drug-likeness (QED) is 0.202. The summed E-state index contributed by atoms with van der Waals surface area (Å²) in [6.07, 6.45) is 8.54. The van der Waals surface area contributed by atoms with E-state index in [1.165, 1.54) is 6.07 Å². The molecule has 7 heteroatoms. The van der Waals surface area contributed by atoms with Crippen LogP contribution in [-0.4, -0.2) is 19.9 Å². The number of aromatic nitrogens is 4. The Morgan fingerprint density at radius 1 is 0.643 bits per heavy atom. The number of aromatic amines is 2. The Kier molecular flexibility index (Phi) is 7.58. The molecule has 8 bridgehead atoms. The standard InChI is InChI=1S/C35H33F3N4/c1-3-5-12-24-27-15-14-23(39-27)20-33-26(35(36,37)38)21-32(42-33)25(13-6-4-2)29-17-19-31(41-29)34(22-10-8-7-9-11-22)30-18-16-28(24)40-30/h7-11,14-21,39,42H,3-6,12-13H2,1-2H3. The fourth-order valence-electron chi connectivity index (χ4n) is 5.69. The maximum Gasteiger partial charge on any atom is 0.418 e. The van der Waals surface area contributed by atoms with Crippen LogP contribution in [0.25, 0.3) is 57.5 Å². The van der Waals surface area contributed by atoms with Crippen LogP contribution in [0.1, 0.15) is 79.0 Å². The van der Waals surface area contributed by atoms with Crippen molar-refractivity contribution in [3.05, 3.63) is 94.1 Å².